The standard InChI is InChI=1S/C16H27N3O2/c1-4-20-13-11-19-16(17-3)18-10-7-12-21-15-9-6-5-8-14(15)2/h5-6,8-9H,4,7,10-13H2,1-3H3,(H2,17,18,19). The summed E-state index contributed by atoms with van der Waals surface area (Å²) in [6.07, 6.45) is 0.917. The molecule has 1 aromatic rings. The van der Waals surface area contributed by atoms with Crippen molar-refractivity contribution in [3.8, 4) is 5.75 Å². The number of rotatable bonds is 9. The number of benzene rings is 1. The lowest BCUT2D eigenvalue weighted by Crippen LogP contribution is -2.39. The Kier molecular flexibility index (Phi) is 9.04. The van der Waals surface area contributed by atoms with Crippen LogP contribution in [-0.4, -0.2) is 45.9 Å². The van der Waals surface area contributed by atoms with Gasteiger partial charge in [0.25, 0.3) is 0 Å². The van der Waals surface area contributed by atoms with Crippen LogP contribution in [-0.2, 0) is 4.74 Å². The van der Waals surface area contributed by atoms with Crippen molar-refractivity contribution >= 4 is 5.96 Å². The van der Waals surface area contributed by atoms with E-state index in [1.807, 2.05) is 25.1 Å². The second-order valence-electron chi connectivity index (χ2n) is 4.59. The van der Waals surface area contributed by atoms with Gasteiger partial charge in [0.1, 0.15) is 5.75 Å². The molecule has 0 amide bonds. The highest BCUT2D eigenvalue weighted by atomic mass is 16.5. The molecule has 0 spiro atoms. The van der Waals surface area contributed by atoms with Crippen LogP contribution in [0.15, 0.2) is 29.3 Å². The summed E-state index contributed by atoms with van der Waals surface area (Å²) in [5.74, 6) is 1.75. The third-order valence-corrected chi connectivity index (χ3v) is 2.93. The number of hydrogen-bond acceptors (Lipinski definition) is 3. The van der Waals surface area contributed by atoms with E-state index in [0.29, 0.717) is 13.2 Å². The normalized spacial score (nSPS) is 11.3. The summed E-state index contributed by atoms with van der Waals surface area (Å²) in [5.41, 5.74) is 1.17. The lowest BCUT2D eigenvalue weighted by atomic mass is 10.2. The molecule has 2 N–H and O–H groups in total. The number of nitrogens with zero attached hydrogens (tertiary/aromatic N) is 1. The van der Waals surface area contributed by atoms with E-state index in [1.54, 1.807) is 7.05 Å². The zero-order chi connectivity index (χ0) is 15.3. The van der Waals surface area contributed by atoms with Crippen LogP contribution in [0.2, 0.25) is 0 Å². The number of hydrogen-bond donors (Lipinski definition) is 2. The molecule has 5 heteroatoms. The predicted octanol–water partition coefficient (Wildman–Crippen LogP) is 1.97. The van der Waals surface area contributed by atoms with Crippen molar-refractivity contribution in [1.82, 2.24) is 10.6 Å². The van der Waals surface area contributed by atoms with Crippen LogP contribution < -0.4 is 15.4 Å². The van der Waals surface area contributed by atoms with E-state index >= 15 is 0 Å². The minimum Gasteiger partial charge on any atom is -0.493 e. The summed E-state index contributed by atoms with van der Waals surface area (Å²) in [6.45, 7) is 7.73. The molecule has 0 aromatic heterocycles. The van der Waals surface area contributed by atoms with Gasteiger partial charge in [0.05, 0.1) is 13.2 Å². The summed E-state index contributed by atoms with van der Waals surface area (Å²) in [6, 6.07) is 8.06. The average Bonchev–Trinajstić information content (AvgIpc) is 2.50. The molecule has 0 heterocycles. The van der Waals surface area contributed by atoms with Crippen molar-refractivity contribution in [3.05, 3.63) is 29.8 Å². The SMILES string of the molecule is CCOCCNC(=NC)NCCCOc1ccccc1C. The van der Waals surface area contributed by atoms with Gasteiger partial charge in [-0.1, -0.05) is 18.2 Å². The van der Waals surface area contributed by atoms with Gasteiger partial charge in [0, 0.05) is 26.7 Å². The van der Waals surface area contributed by atoms with Gasteiger partial charge in [-0.05, 0) is 31.9 Å². The van der Waals surface area contributed by atoms with Crippen molar-refractivity contribution in [3.63, 3.8) is 0 Å². The van der Waals surface area contributed by atoms with Gasteiger partial charge in [-0.2, -0.15) is 0 Å². The summed E-state index contributed by atoms with van der Waals surface area (Å²) in [5, 5.41) is 6.45. The van der Waals surface area contributed by atoms with Crippen LogP contribution in [0.25, 0.3) is 0 Å². The molecular weight excluding hydrogens is 266 g/mol. The Balaban J connectivity index is 2.11. The molecule has 0 aliphatic rings. The molecule has 0 aliphatic heterocycles. The molecule has 5 nitrogen and oxygen atoms in total. The lowest BCUT2D eigenvalue weighted by molar-refractivity contribution is 0.152. The van der Waals surface area contributed by atoms with Crippen molar-refractivity contribution in [2.75, 3.05) is 40.0 Å². The van der Waals surface area contributed by atoms with Crippen LogP contribution in [0.1, 0.15) is 18.9 Å². The molecule has 0 radical (unpaired) electrons. The molecule has 0 fully saturated rings. The first kappa shape index (κ1) is 17.3. The van der Waals surface area contributed by atoms with Gasteiger partial charge in [-0.15, -0.1) is 0 Å². The number of para-hydroxylation sites is 1. The van der Waals surface area contributed by atoms with E-state index in [0.717, 1.165) is 37.8 Å². The van der Waals surface area contributed by atoms with Crippen LogP contribution in [0, 0.1) is 6.92 Å². The second kappa shape index (κ2) is 11.0. The van der Waals surface area contributed by atoms with Crippen molar-refractivity contribution in [1.29, 1.82) is 0 Å². The van der Waals surface area contributed by atoms with E-state index in [-0.39, 0.29) is 0 Å². The Morgan fingerprint density at radius 3 is 2.62 bits per heavy atom. The van der Waals surface area contributed by atoms with Gasteiger partial charge >= 0.3 is 0 Å². The van der Waals surface area contributed by atoms with E-state index in [2.05, 4.69) is 28.6 Å². The summed E-state index contributed by atoms with van der Waals surface area (Å²) in [4.78, 5) is 4.15. The number of aryl methyl sites for hydroxylation is 1. The topological polar surface area (TPSA) is 54.9 Å². The molecule has 1 aromatic carbocycles. The molecule has 0 bridgehead atoms. The van der Waals surface area contributed by atoms with Crippen LogP contribution in [0.3, 0.4) is 0 Å². The zero-order valence-corrected chi connectivity index (χ0v) is 13.3. The molecular formula is C16H27N3O2. The Morgan fingerprint density at radius 1 is 1.14 bits per heavy atom. The van der Waals surface area contributed by atoms with Gasteiger partial charge in [-0.25, -0.2) is 0 Å². The first-order valence-corrected chi connectivity index (χ1v) is 7.48. The Bertz CT molecular complexity index is 422. The summed E-state index contributed by atoms with van der Waals surface area (Å²) < 4.78 is 11.0. The number of nitrogens with one attached hydrogen (secondary N) is 2. The Morgan fingerprint density at radius 2 is 1.90 bits per heavy atom. The first-order valence-electron chi connectivity index (χ1n) is 7.48. The monoisotopic (exact) mass is 293 g/mol. The largest absolute Gasteiger partial charge is 0.493 e. The van der Waals surface area contributed by atoms with E-state index in [9.17, 15) is 0 Å². The van der Waals surface area contributed by atoms with Gasteiger partial charge in [0.15, 0.2) is 5.96 Å². The minimum atomic E-state index is 0.688. The van der Waals surface area contributed by atoms with E-state index in [1.165, 1.54) is 5.56 Å². The quantitative estimate of drug-likeness (QED) is 0.415. The Labute approximate surface area is 127 Å². The van der Waals surface area contributed by atoms with Crippen molar-refractivity contribution < 1.29 is 9.47 Å². The van der Waals surface area contributed by atoms with Crippen molar-refractivity contribution in [2.24, 2.45) is 4.99 Å². The molecule has 0 saturated heterocycles. The van der Waals surface area contributed by atoms with Gasteiger partial charge in [-0.3, -0.25) is 4.99 Å². The molecule has 0 aliphatic carbocycles. The minimum absolute atomic E-state index is 0.688. The number of guanidine groups is 1. The second-order valence-corrected chi connectivity index (χ2v) is 4.59. The molecule has 1 rings (SSSR count). The smallest absolute Gasteiger partial charge is 0.191 e. The van der Waals surface area contributed by atoms with Gasteiger partial charge in [0.2, 0.25) is 0 Å². The Hall–Kier alpha value is -1.75. The summed E-state index contributed by atoms with van der Waals surface area (Å²) in [7, 11) is 1.76. The molecule has 0 saturated carbocycles. The number of ether oxygens (including phenoxy) is 2. The highest BCUT2D eigenvalue weighted by molar-refractivity contribution is 5.79. The molecule has 0 unspecified atom stereocenters. The maximum absolute atomic E-state index is 5.75. The zero-order valence-electron chi connectivity index (χ0n) is 13.3. The van der Waals surface area contributed by atoms with Crippen LogP contribution >= 0.6 is 0 Å². The van der Waals surface area contributed by atoms with E-state index < -0.39 is 0 Å². The maximum Gasteiger partial charge on any atom is 0.191 e. The van der Waals surface area contributed by atoms with Crippen molar-refractivity contribution in [2.45, 2.75) is 20.3 Å². The highest BCUT2D eigenvalue weighted by Gasteiger charge is 1.99. The first-order chi connectivity index (χ1) is 10.3. The highest BCUT2D eigenvalue weighted by Crippen LogP contribution is 2.15. The van der Waals surface area contributed by atoms with Crippen LogP contribution in [0.4, 0.5) is 0 Å². The third kappa shape index (κ3) is 7.56. The van der Waals surface area contributed by atoms with Gasteiger partial charge < -0.3 is 20.1 Å². The fourth-order valence-electron chi connectivity index (χ4n) is 1.79. The number of aliphatic imine (C=N–C) groups is 1. The van der Waals surface area contributed by atoms with Crippen LogP contribution in [0.5, 0.6) is 5.75 Å². The fraction of sp³-hybridized carbons (Fsp3) is 0.562. The van der Waals surface area contributed by atoms with E-state index in [4.69, 9.17) is 9.47 Å². The third-order valence-electron chi connectivity index (χ3n) is 2.93. The average molecular weight is 293 g/mol. The summed E-state index contributed by atoms with van der Waals surface area (Å²) >= 11 is 0. The molecule has 21 heavy (non-hydrogen) atoms. The fourth-order valence-corrected chi connectivity index (χ4v) is 1.79. The lowest BCUT2D eigenvalue weighted by Gasteiger charge is -2.12. The predicted molar refractivity (Wildman–Crippen MR) is 87.1 cm³/mol. The maximum atomic E-state index is 5.75. The molecule has 0 atom stereocenters. The molecule has 118 valence electrons.